The van der Waals surface area contributed by atoms with Crippen molar-refractivity contribution in [3.8, 4) is 18.1 Å². The summed E-state index contributed by atoms with van der Waals surface area (Å²) < 4.78 is 13.4. The summed E-state index contributed by atoms with van der Waals surface area (Å²) >= 11 is 0. The van der Waals surface area contributed by atoms with Crippen LogP contribution in [-0.4, -0.2) is 40.1 Å². The van der Waals surface area contributed by atoms with Crippen molar-refractivity contribution in [2.75, 3.05) is 13.2 Å². The number of ether oxygens (including phenoxy) is 2. The van der Waals surface area contributed by atoms with E-state index in [9.17, 15) is 0 Å². The van der Waals surface area contributed by atoms with Crippen LogP contribution in [0.1, 0.15) is 18.3 Å². The van der Waals surface area contributed by atoms with E-state index in [1.165, 1.54) is 0 Å². The molecule has 1 saturated heterocycles. The predicted octanol–water partition coefficient (Wildman–Crippen LogP) is 1.22. The highest BCUT2D eigenvalue weighted by atomic mass is 16.5. The molecule has 0 saturated carbocycles. The van der Waals surface area contributed by atoms with E-state index in [-0.39, 0.29) is 12.1 Å². The van der Waals surface area contributed by atoms with Crippen LogP contribution in [-0.2, 0) is 17.8 Å². The molecule has 1 aliphatic rings. The standard InChI is InChI=1S/C17H20N4O2/c1-3-13-6-5-7-14(20-13)8-18-16-11-22-12-17(16)23-15-9-19-21(4-2)10-15/h1,5-7,9-10,16-18H,4,8,11-12H2,2H3/t16-,17+/m0/s1. The summed E-state index contributed by atoms with van der Waals surface area (Å²) in [7, 11) is 0. The van der Waals surface area contributed by atoms with E-state index in [4.69, 9.17) is 15.9 Å². The number of aryl methyl sites for hydroxylation is 1. The number of nitrogens with one attached hydrogen (secondary N) is 1. The molecule has 0 radical (unpaired) electrons. The Labute approximate surface area is 135 Å². The summed E-state index contributed by atoms with van der Waals surface area (Å²) in [6.45, 7) is 4.66. The van der Waals surface area contributed by atoms with Gasteiger partial charge >= 0.3 is 0 Å². The highest BCUT2D eigenvalue weighted by Gasteiger charge is 2.30. The predicted molar refractivity (Wildman–Crippen MR) is 85.9 cm³/mol. The third-order valence-corrected chi connectivity index (χ3v) is 3.75. The summed E-state index contributed by atoms with van der Waals surface area (Å²) in [6, 6.07) is 5.79. The molecule has 2 aromatic heterocycles. The van der Waals surface area contributed by atoms with Crippen molar-refractivity contribution in [1.29, 1.82) is 0 Å². The van der Waals surface area contributed by atoms with Gasteiger partial charge in [-0.3, -0.25) is 4.68 Å². The third-order valence-electron chi connectivity index (χ3n) is 3.75. The molecule has 6 heteroatoms. The molecule has 0 unspecified atom stereocenters. The first-order chi connectivity index (χ1) is 11.3. The first kappa shape index (κ1) is 15.5. The van der Waals surface area contributed by atoms with Gasteiger partial charge in [-0.25, -0.2) is 4.98 Å². The Hall–Kier alpha value is -2.36. The summed E-state index contributed by atoms with van der Waals surface area (Å²) in [5.74, 6) is 3.31. The lowest BCUT2D eigenvalue weighted by molar-refractivity contribution is 0.139. The molecular formula is C17H20N4O2. The van der Waals surface area contributed by atoms with Crippen LogP contribution >= 0.6 is 0 Å². The van der Waals surface area contributed by atoms with Gasteiger partial charge in [0.25, 0.3) is 0 Å². The van der Waals surface area contributed by atoms with E-state index in [1.54, 1.807) is 6.20 Å². The van der Waals surface area contributed by atoms with Crippen LogP contribution in [0.25, 0.3) is 0 Å². The Balaban J connectivity index is 1.57. The van der Waals surface area contributed by atoms with Crippen molar-refractivity contribution in [3.63, 3.8) is 0 Å². The van der Waals surface area contributed by atoms with Crippen molar-refractivity contribution in [2.45, 2.75) is 32.2 Å². The van der Waals surface area contributed by atoms with Gasteiger partial charge < -0.3 is 14.8 Å². The lowest BCUT2D eigenvalue weighted by Gasteiger charge is -2.19. The van der Waals surface area contributed by atoms with Crippen molar-refractivity contribution in [1.82, 2.24) is 20.1 Å². The Morgan fingerprint density at radius 3 is 3.17 bits per heavy atom. The van der Waals surface area contributed by atoms with Crippen LogP contribution in [0.2, 0.25) is 0 Å². The fourth-order valence-electron chi connectivity index (χ4n) is 2.49. The van der Waals surface area contributed by atoms with Crippen LogP contribution in [0.15, 0.2) is 30.6 Å². The van der Waals surface area contributed by atoms with E-state index in [0.717, 1.165) is 18.0 Å². The summed E-state index contributed by atoms with van der Waals surface area (Å²) in [6.07, 6.45) is 8.97. The third kappa shape index (κ3) is 3.89. The number of aromatic nitrogens is 3. The largest absolute Gasteiger partial charge is 0.483 e. The van der Waals surface area contributed by atoms with Gasteiger partial charge in [-0.2, -0.15) is 5.10 Å². The number of pyridine rings is 1. The number of nitrogens with zero attached hydrogens (tertiary/aromatic N) is 3. The monoisotopic (exact) mass is 312 g/mol. The molecule has 6 nitrogen and oxygen atoms in total. The van der Waals surface area contributed by atoms with Crippen LogP contribution in [0, 0.1) is 12.3 Å². The molecule has 0 spiro atoms. The average Bonchev–Trinajstić information content (AvgIpc) is 3.23. The first-order valence-electron chi connectivity index (χ1n) is 7.71. The second-order valence-corrected chi connectivity index (χ2v) is 5.37. The highest BCUT2D eigenvalue weighted by molar-refractivity contribution is 5.25. The lowest BCUT2D eigenvalue weighted by atomic mass is 10.2. The molecule has 2 atom stereocenters. The second-order valence-electron chi connectivity index (χ2n) is 5.37. The Morgan fingerprint density at radius 2 is 2.39 bits per heavy atom. The zero-order chi connectivity index (χ0) is 16.1. The summed E-state index contributed by atoms with van der Waals surface area (Å²) in [4.78, 5) is 4.38. The van der Waals surface area contributed by atoms with E-state index >= 15 is 0 Å². The number of hydrogen-bond donors (Lipinski definition) is 1. The minimum atomic E-state index is -0.0414. The molecule has 3 heterocycles. The number of rotatable bonds is 6. The van der Waals surface area contributed by atoms with Crippen molar-refractivity contribution < 1.29 is 9.47 Å². The molecule has 3 rings (SSSR count). The van der Waals surface area contributed by atoms with Crippen LogP contribution < -0.4 is 10.1 Å². The molecule has 23 heavy (non-hydrogen) atoms. The normalized spacial score (nSPS) is 20.3. The van der Waals surface area contributed by atoms with Gasteiger partial charge in [0.2, 0.25) is 0 Å². The molecule has 120 valence electrons. The van der Waals surface area contributed by atoms with Gasteiger partial charge in [0, 0.05) is 13.1 Å². The summed E-state index contributed by atoms with van der Waals surface area (Å²) in [5, 5.41) is 7.65. The van der Waals surface area contributed by atoms with E-state index in [1.807, 2.05) is 36.0 Å². The minimum Gasteiger partial charge on any atom is -0.483 e. The van der Waals surface area contributed by atoms with Gasteiger partial charge in [0.1, 0.15) is 11.8 Å². The Bertz CT molecular complexity index is 692. The molecule has 1 N–H and O–H groups in total. The maximum atomic E-state index is 5.98. The summed E-state index contributed by atoms with van der Waals surface area (Å²) in [5.41, 5.74) is 1.55. The van der Waals surface area contributed by atoms with Crippen LogP contribution in [0.4, 0.5) is 0 Å². The number of hydrogen-bond acceptors (Lipinski definition) is 5. The fourth-order valence-corrected chi connectivity index (χ4v) is 2.49. The van der Waals surface area contributed by atoms with Gasteiger partial charge in [0.15, 0.2) is 5.75 Å². The fraction of sp³-hybridized carbons (Fsp3) is 0.412. The molecule has 0 bridgehead atoms. The lowest BCUT2D eigenvalue weighted by Crippen LogP contribution is -2.41. The first-order valence-corrected chi connectivity index (χ1v) is 7.71. The maximum absolute atomic E-state index is 5.98. The van der Waals surface area contributed by atoms with Gasteiger partial charge in [-0.05, 0) is 19.1 Å². The molecule has 1 fully saturated rings. The molecule has 0 amide bonds. The van der Waals surface area contributed by atoms with Crippen molar-refractivity contribution in [2.24, 2.45) is 0 Å². The van der Waals surface area contributed by atoms with Crippen LogP contribution in [0.3, 0.4) is 0 Å². The Kier molecular flexibility index (Phi) is 4.91. The quantitative estimate of drug-likeness (QED) is 0.813. The smallest absolute Gasteiger partial charge is 0.157 e. The van der Waals surface area contributed by atoms with E-state index in [2.05, 4.69) is 21.3 Å². The van der Waals surface area contributed by atoms with Gasteiger partial charge in [0.05, 0.1) is 37.3 Å². The molecule has 1 aliphatic heterocycles. The average molecular weight is 312 g/mol. The van der Waals surface area contributed by atoms with E-state index in [0.29, 0.717) is 25.5 Å². The zero-order valence-electron chi connectivity index (χ0n) is 13.1. The van der Waals surface area contributed by atoms with Gasteiger partial charge in [-0.1, -0.05) is 12.0 Å². The highest BCUT2D eigenvalue weighted by Crippen LogP contribution is 2.17. The Morgan fingerprint density at radius 1 is 1.48 bits per heavy atom. The molecule has 0 aliphatic carbocycles. The SMILES string of the molecule is C#Cc1cccc(CN[C@H]2COC[C@H]2Oc2cnn(CC)c2)n1. The maximum Gasteiger partial charge on any atom is 0.157 e. The topological polar surface area (TPSA) is 61.2 Å². The second kappa shape index (κ2) is 7.27. The van der Waals surface area contributed by atoms with Crippen LogP contribution in [0.5, 0.6) is 5.75 Å². The van der Waals surface area contributed by atoms with Crippen molar-refractivity contribution in [3.05, 3.63) is 42.0 Å². The van der Waals surface area contributed by atoms with Gasteiger partial charge in [-0.15, -0.1) is 6.42 Å². The minimum absolute atomic E-state index is 0.0414. The molecular weight excluding hydrogens is 292 g/mol. The molecule has 2 aromatic rings. The van der Waals surface area contributed by atoms with Crippen molar-refractivity contribution >= 4 is 0 Å². The zero-order valence-corrected chi connectivity index (χ0v) is 13.1. The van der Waals surface area contributed by atoms with E-state index < -0.39 is 0 Å². The number of terminal acetylenes is 1. The molecule has 0 aromatic carbocycles.